The molecule has 0 saturated carbocycles. The lowest BCUT2D eigenvalue weighted by Crippen LogP contribution is -2.42. The van der Waals surface area contributed by atoms with E-state index in [-0.39, 0.29) is 15.6 Å². The first-order valence-corrected chi connectivity index (χ1v) is 5.82. The molecule has 3 N–H and O–H groups in total. The molecule has 0 spiro atoms. The zero-order chi connectivity index (χ0) is 14.6. The predicted octanol–water partition coefficient (Wildman–Crippen LogP) is 1.73. The molecule has 0 aliphatic rings. The fraction of sp³-hybridized carbons (Fsp3) is 0.182. The van der Waals surface area contributed by atoms with Crippen LogP contribution in [0.5, 0.6) is 0 Å². The average molecular weight is 305 g/mol. The number of halogens is 2. The highest BCUT2D eigenvalue weighted by Crippen LogP contribution is 2.19. The Morgan fingerprint density at radius 3 is 2.21 bits per heavy atom. The van der Waals surface area contributed by atoms with Crippen molar-refractivity contribution in [2.75, 3.05) is 0 Å². The summed E-state index contributed by atoms with van der Waals surface area (Å²) in [7, 11) is 0. The van der Waals surface area contributed by atoms with Gasteiger partial charge in [0.05, 0.1) is 5.56 Å². The minimum Gasteiger partial charge on any atom is -0.449 e. The summed E-state index contributed by atoms with van der Waals surface area (Å²) in [6, 6.07) is 3.10. The summed E-state index contributed by atoms with van der Waals surface area (Å²) in [5.41, 5.74) is 4.86. The Labute approximate surface area is 118 Å². The first kappa shape index (κ1) is 15.3. The number of benzene rings is 1. The van der Waals surface area contributed by atoms with Crippen LogP contribution in [-0.2, 0) is 9.53 Å². The molecule has 19 heavy (non-hydrogen) atoms. The Hall–Kier alpha value is -1.79. The maximum absolute atomic E-state index is 11.7. The summed E-state index contributed by atoms with van der Waals surface area (Å²) in [6.07, 6.45) is -1.18. The zero-order valence-electron chi connectivity index (χ0n) is 9.78. The van der Waals surface area contributed by atoms with E-state index in [0.29, 0.717) is 0 Å². The van der Waals surface area contributed by atoms with Crippen molar-refractivity contribution in [3.05, 3.63) is 33.8 Å². The maximum Gasteiger partial charge on any atom is 0.339 e. The Morgan fingerprint density at radius 1 is 1.21 bits per heavy atom. The Bertz CT molecular complexity index is 513. The quantitative estimate of drug-likeness (QED) is 0.831. The third kappa shape index (κ3) is 4.76. The van der Waals surface area contributed by atoms with Gasteiger partial charge in [-0.1, -0.05) is 23.2 Å². The van der Waals surface area contributed by atoms with Crippen molar-refractivity contribution in [2.45, 2.75) is 13.0 Å². The number of rotatable bonds is 3. The monoisotopic (exact) mass is 304 g/mol. The zero-order valence-corrected chi connectivity index (χ0v) is 11.3. The SMILES string of the molecule is C[C@H](OC(=O)c1cc(Cl)cc(Cl)c1)C(=O)NC(N)=O. The lowest BCUT2D eigenvalue weighted by Gasteiger charge is -2.12. The van der Waals surface area contributed by atoms with Crippen LogP contribution in [0.4, 0.5) is 4.79 Å². The normalized spacial score (nSPS) is 11.5. The molecule has 0 bridgehead atoms. The number of hydrogen-bond acceptors (Lipinski definition) is 4. The van der Waals surface area contributed by atoms with Crippen LogP contribution in [0.25, 0.3) is 0 Å². The summed E-state index contributed by atoms with van der Waals surface area (Å²) >= 11 is 11.5. The van der Waals surface area contributed by atoms with Crippen molar-refractivity contribution < 1.29 is 19.1 Å². The van der Waals surface area contributed by atoms with E-state index in [1.165, 1.54) is 25.1 Å². The van der Waals surface area contributed by atoms with Crippen molar-refractivity contribution in [3.8, 4) is 0 Å². The van der Waals surface area contributed by atoms with Crippen LogP contribution in [0.3, 0.4) is 0 Å². The summed E-state index contributed by atoms with van der Waals surface area (Å²) < 4.78 is 4.83. The summed E-state index contributed by atoms with van der Waals surface area (Å²) in [5.74, 6) is -1.62. The Balaban J connectivity index is 2.74. The molecule has 3 amide bonds. The number of esters is 1. The predicted molar refractivity (Wildman–Crippen MR) is 69.1 cm³/mol. The van der Waals surface area contributed by atoms with Gasteiger partial charge in [-0.15, -0.1) is 0 Å². The van der Waals surface area contributed by atoms with E-state index in [9.17, 15) is 14.4 Å². The van der Waals surface area contributed by atoms with Gasteiger partial charge >= 0.3 is 12.0 Å². The summed E-state index contributed by atoms with van der Waals surface area (Å²) in [5, 5.41) is 2.31. The second-order valence-electron chi connectivity index (χ2n) is 3.56. The Kier molecular flexibility index (Phi) is 5.14. The van der Waals surface area contributed by atoms with Gasteiger partial charge in [-0.3, -0.25) is 10.1 Å². The number of ether oxygens (including phenoxy) is 1. The van der Waals surface area contributed by atoms with Gasteiger partial charge in [0.25, 0.3) is 5.91 Å². The van der Waals surface area contributed by atoms with Gasteiger partial charge in [-0.25, -0.2) is 9.59 Å². The van der Waals surface area contributed by atoms with Crippen LogP contribution < -0.4 is 11.1 Å². The van der Waals surface area contributed by atoms with E-state index in [1.54, 1.807) is 5.32 Å². The van der Waals surface area contributed by atoms with E-state index < -0.39 is 24.0 Å². The van der Waals surface area contributed by atoms with Gasteiger partial charge in [0.2, 0.25) is 0 Å². The molecular formula is C11H10Cl2N2O4. The minimum atomic E-state index is -1.18. The van der Waals surface area contributed by atoms with Crippen molar-refractivity contribution >= 4 is 41.1 Å². The number of urea groups is 1. The van der Waals surface area contributed by atoms with Crippen LogP contribution >= 0.6 is 23.2 Å². The molecule has 1 rings (SSSR count). The van der Waals surface area contributed by atoms with E-state index >= 15 is 0 Å². The molecule has 0 heterocycles. The summed E-state index contributed by atoms with van der Waals surface area (Å²) in [4.78, 5) is 33.5. The van der Waals surface area contributed by atoms with E-state index in [1.807, 2.05) is 0 Å². The molecule has 1 aromatic carbocycles. The highest BCUT2D eigenvalue weighted by Gasteiger charge is 2.20. The second kappa shape index (κ2) is 6.40. The van der Waals surface area contributed by atoms with E-state index in [2.05, 4.69) is 0 Å². The van der Waals surface area contributed by atoms with Crippen LogP contribution in [0, 0.1) is 0 Å². The van der Waals surface area contributed by atoms with Crippen LogP contribution in [0.15, 0.2) is 18.2 Å². The number of nitrogens with two attached hydrogens (primary N) is 1. The first-order chi connectivity index (χ1) is 8.79. The molecule has 0 aromatic heterocycles. The number of carbonyl (C=O) groups excluding carboxylic acids is 3. The van der Waals surface area contributed by atoms with Gasteiger partial charge < -0.3 is 10.5 Å². The molecule has 1 aromatic rings. The summed E-state index contributed by atoms with van der Waals surface area (Å²) in [6.45, 7) is 1.29. The smallest absolute Gasteiger partial charge is 0.339 e. The molecule has 0 unspecified atom stereocenters. The third-order valence-corrected chi connectivity index (χ3v) is 2.43. The topological polar surface area (TPSA) is 98.5 Å². The largest absolute Gasteiger partial charge is 0.449 e. The van der Waals surface area contributed by atoms with Gasteiger partial charge in [0.15, 0.2) is 6.10 Å². The lowest BCUT2D eigenvalue weighted by atomic mass is 10.2. The van der Waals surface area contributed by atoms with E-state index in [0.717, 1.165) is 0 Å². The molecule has 0 radical (unpaired) electrons. The van der Waals surface area contributed by atoms with Gasteiger partial charge in [0, 0.05) is 10.0 Å². The molecule has 0 aliphatic heterocycles. The standard InChI is InChI=1S/C11H10Cl2N2O4/c1-5(9(16)15-11(14)18)19-10(17)6-2-7(12)4-8(13)3-6/h2-5H,1H3,(H3,14,15,16,18)/t5-/m0/s1. The average Bonchev–Trinajstić information content (AvgIpc) is 2.26. The van der Waals surface area contributed by atoms with Gasteiger partial charge in [-0.2, -0.15) is 0 Å². The Morgan fingerprint density at radius 2 is 1.74 bits per heavy atom. The minimum absolute atomic E-state index is 0.0937. The number of nitrogens with one attached hydrogen (secondary N) is 1. The third-order valence-electron chi connectivity index (χ3n) is 2.00. The highest BCUT2D eigenvalue weighted by molar-refractivity contribution is 6.35. The maximum atomic E-state index is 11.7. The molecule has 1 atom stereocenters. The molecule has 102 valence electrons. The van der Waals surface area contributed by atoms with Crippen LogP contribution in [-0.4, -0.2) is 24.0 Å². The number of hydrogen-bond donors (Lipinski definition) is 2. The number of carbonyl (C=O) groups is 3. The van der Waals surface area contributed by atoms with Crippen molar-refractivity contribution in [1.29, 1.82) is 0 Å². The lowest BCUT2D eigenvalue weighted by molar-refractivity contribution is -0.127. The molecule has 0 fully saturated rings. The van der Waals surface area contributed by atoms with Crippen molar-refractivity contribution in [2.24, 2.45) is 5.73 Å². The fourth-order valence-corrected chi connectivity index (χ4v) is 1.70. The second-order valence-corrected chi connectivity index (χ2v) is 4.43. The molecule has 6 nitrogen and oxygen atoms in total. The van der Waals surface area contributed by atoms with Crippen molar-refractivity contribution in [1.82, 2.24) is 5.32 Å². The van der Waals surface area contributed by atoms with Crippen LogP contribution in [0.1, 0.15) is 17.3 Å². The van der Waals surface area contributed by atoms with E-state index in [4.69, 9.17) is 33.7 Å². The number of amides is 3. The molecule has 0 aliphatic carbocycles. The first-order valence-electron chi connectivity index (χ1n) is 5.07. The van der Waals surface area contributed by atoms with Gasteiger partial charge in [-0.05, 0) is 25.1 Å². The molecule has 0 saturated heterocycles. The van der Waals surface area contributed by atoms with Gasteiger partial charge in [0.1, 0.15) is 0 Å². The fourth-order valence-electron chi connectivity index (χ4n) is 1.18. The van der Waals surface area contributed by atoms with Crippen LogP contribution in [0.2, 0.25) is 10.0 Å². The van der Waals surface area contributed by atoms with Crippen molar-refractivity contribution in [3.63, 3.8) is 0 Å². The molecular weight excluding hydrogens is 295 g/mol. The molecule has 8 heteroatoms. The number of imide groups is 1. The number of primary amides is 1. The highest BCUT2D eigenvalue weighted by atomic mass is 35.5.